The highest BCUT2D eigenvalue weighted by Crippen LogP contribution is 2.26. The third-order valence-electron chi connectivity index (χ3n) is 3.51. The number of hydrogen-bond donors (Lipinski definition) is 2. The Hall–Kier alpha value is -1.94. The van der Waals surface area contributed by atoms with Gasteiger partial charge in [-0.2, -0.15) is 0 Å². The molecule has 0 aliphatic carbocycles. The Balaban J connectivity index is 2.08. The zero-order valence-electron chi connectivity index (χ0n) is 11.7. The summed E-state index contributed by atoms with van der Waals surface area (Å²) in [5, 5.41) is 1.80. The van der Waals surface area contributed by atoms with Crippen LogP contribution in [0.25, 0.3) is 10.9 Å². The van der Waals surface area contributed by atoms with Gasteiger partial charge < -0.3 is 0 Å². The molecule has 0 aliphatic rings. The number of para-hydroxylation sites is 1. The molecule has 0 fully saturated rings. The summed E-state index contributed by atoms with van der Waals surface area (Å²) in [6.07, 6.45) is 1.85. The Morgan fingerprint density at radius 1 is 1.10 bits per heavy atom. The maximum Gasteiger partial charge on any atom is 0.0725 e. The SMILES string of the molecule is Cc1cc(Cl)cc(C(NN)c2cnc3ccccc3c2)c1. The van der Waals surface area contributed by atoms with Crippen molar-refractivity contribution in [3.8, 4) is 0 Å². The monoisotopic (exact) mass is 297 g/mol. The number of nitrogens with zero attached hydrogens (tertiary/aromatic N) is 1. The average Bonchev–Trinajstić information content (AvgIpc) is 2.47. The summed E-state index contributed by atoms with van der Waals surface area (Å²) in [6, 6.07) is 15.9. The summed E-state index contributed by atoms with van der Waals surface area (Å²) in [6.45, 7) is 2.02. The molecule has 0 bridgehead atoms. The van der Waals surface area contributed by atoms with E-state index >= 15 is 0 Å². The van der Waals surface area contributed by atoms with Crippen LogP contribution in [0.4, 0.5) is 0 Å². The van der Waals surface area contributed by atoms with Gasteiger partial charge in [0.15, 0.2) is 0 Å². The van der Waals surface area contributed by atoms with Crippen molar-refractivity contribution in [3.63, 3.8) is 0 Å². The van der Waals surface area contributed by atoms with Crippen LogP contribution in [0.2, 0.25) is 5.02 Å². The summed E-state index contributed by atoms with van der Waals surface area (Å²) >= 11 is 6.15. The number of hydrazine groups is 1. The van der Waals surface area contributed by atoms with E-state index in [1.54, 1.807) is 0 Å². The molecule has 0 radical (unpaired) electrons. The molecule has 3 aromatic rings. The highest BCUT2D eigenvalue weighted by molar-refractivity contribution is 6.30. The fourth-order valence-electron chi connectivity index (χ4n) is 2.56. The number of aromatic nitrogens is 1. The van der Waals surface area contributed by atoms with Crippen molar-refractivity contribution < 1.29 is 0 Å². The lowest BCUT2D eigenvalue weighted by Crippen LogP contribution is -2.29. The lowest BCUT2D eigenvalue weighted by molar-refractivity contribution is 0.635. The molecule has 3 nitrogen and oxygen atoms in total. The van der Waals surface area contributed by atoms with Crippen molar-refractivity contribution in [2.75, 3.05) is 0 Å². The molecule has 1 heterocycles. The number of nitrogens with one attached hydrogen (secondary N) is 1. The molecule has 1 aromatic heterocycles. The van der Waals surface area contributed by atoms with E-state index in [0.717, 1.165) is 27.6 Å². The molecule has 106 valence electrons. The minimum atomic E-state index is -0.139. The summed E-state index contributed by atoms with van der Waals surface area (Å²) in [4.78, 5) is 4.49. The van der Waals surface area contributed by atoms with Crippen LogP contribution in [0.3, 0.4) is 0 Å². The molecular formula is C17H16ClN3. The zero-order chi connectivity index (χ0) is 14.8. The van der Waals surface area contributed by atoms with Crippen LogP contribution in [0.15, 0.2) is 54.7 Å². The van der Waals surface area contributed by atoms with Gasteiger partial charge in [0.1, 0.15) is 0 Å². The lowest BCUT2D eigenvalue weighted by Gasteiger charge is -2.18. The molecule has 0 amide bonds. The van der Waals surface area contributed by atoms with Crippen molar-refractivity contribution in [2.45, 2.75) is 13.0 Å². The third kappa shape index (κ3) is 2.90. The van der Waals surface area contributed by atoms with Gasteiger partial charge in [-0.15, -0.1) is 0 Å². The van der Waals surface area contributed by atoms with Crippen LogP contribution in [0.1, 0.15) is 22.7 Å². The van der Waals surface area contributed by atoms with E-state index < -0.39 is 0 Å². The molecule has 0 aliphatic heterocycles. The summed E-state index contributed by atoms with van der Waals surface area (Å²) in [7, 11) is 0. The second kappa shape index (κ2) is 5.82. The first-order valence-electron chi connectivity index (χ1n) is 6.75. The molecule has 0 saturated heterocycles. The van der Waals surface area contributed by atoms with Gasteiger partial charge in [-0.1, -0.05) is 35.9 Å². The molecule has 1 atom stereocenters. The van der Waals surface area contributed by atoms with E-state index in [0.29, 0.717) is 5.02 Å². The van der Waals surface area contributed by atoms with Crippen molar-refractivity contribution in [1.29, 1.82) is 0 Å². The van der Waals surface area contributed by atoms with E-state index in [1.807, 2.05) is 49.5 Å². The van der Waals surface area contributed by atoms with Crippen LogP contribution in [-0.4, -0.2) is 4.98 Å². The maximum atomic E-state index is 6.15. The van der Waals surface area contributed by atoms with Crippen LogP contribution < -0.4 is 11.3 Å². The van der Waals surface area contributed by atoms with Gasteiger partial charge in [0.2, 0.25) is 0 Å². The number of halogens is 1. The highest BCUT2D eigenvalue weighted by atomic mass is 35.5. The fraction of sp³-hybridized carbons (Fsp3) is 0.118. The van der Waals surface area contributed by atoms with Gasteiger partial charge in [0, 0.05) is 16.6 Å². The first-order valence-corrected chi connectivity index (χ1v) is 7.13. The smallest absolute Gasteiger partial charge is 0.0725 e. The van der Waals surface area contributed by atoms with Crippen molar-refractivity contribution >= 4 is 22.5 Å². The van der Waals surface area contributed by atoms with Crippen LogP contribution in [0.5, 0.6) is 0 Å². The van der Waals surface area contributed by atoms with E-state index in [1.165, 1.54) is 0 Å². The molecule has 1 unspecified atom stereocenters. The number of benzene rings is 2. The summed E-state index contributed by atoms with van der Waals surface area (Å²) in [5.74, 6) is 5.76. The van der Waals surface area contributed by atoms with E-state index in [4.69, 9.17) is 17.4 Å². The molecule has 4 heteroatoms. The first-order chi connectivity index (χ1) is 10.2. The average molecular weight is 298 g/mol. The van der Waals surface area contributed by atoms with Gasteiger partial charge in [0.25, 0.3) is 0 Å². The minimum absolute atomic E-state index is 0.139. The lowest BCUT2D eigenvalue weighted by atomic mass is 9.98. The van der Waals surface area contributed by atoms with Crippen molar-refractivity contribution in [3.05, 3.63) is 76.4 Å². The second-order valence-corrected chi connectivity index (χ2v) is 5.56. The van der Waals surface area contributed by atoms with Crippen LogP contribution in [-0.2, 0) is 0 Å². The number of rotatable bonds is 3. The quantitative estimate of drug-likeness (QED) is 0.572. The van der Waals surface area contributed by atoms with E-state index in [9.17, 15) is 0 Å². The number of pyridine rings is 1. The number of hydrogen-bond acceptors (Lipinski definition) is 3. The Morgan fingerprint density at radius 2 is 1.90 bits per heavy atom. The summed E-state index contributed by atoms with van der Waals surface area (Å²) in [5.41, 5.74) is 6.97. The van der Waals surface area contributed by atoms with Crippen molar-refractivity contribution in [1.82, 2.24) is 10.4 Å². The Morgan fingerprint density at radius 3 is 2.67 bits per heavy atom. The van der Waals surface area contributed by atoms with Gasteiger partial charge in [0.05, 0.1) is 11.6 Å². The van der Waals surface area contributed by atoms with Gasteiger partial charge in [-0.25, -0.2) is 5.43 Å². The van der Waals surface area contributed by atoms with Gasteiger partial charge in [-0.05, 0) is 47.9 Å². The first kappa shape index (κ1) is 14.0. The Labute approximate surface area is 128 Å². The maximum absolute atomic E-state index is 6.15. The predicted molar refractivity (Wildman–Crippen MR) is 87.1 cm³/mol. The van der Waals surface area contributed by atoms with Crippen LogP contribution in [0, 0.1) is 6.92 Å². The zero-order valence-corrected chi connectivity index (χ0v) is 12.4. The molecule has 0 spiro atoms. The molecule has 21 heavy (non-hydrogen) atoms. The molecule has 2 aromatic carbocycles. The number of nitrogens with two attached hydrogens (primary N) is 1. The predicted octanol–water partition coefficient (Wildman–Crippen LogP) is 3.75. The fourth-order valence-corrected chi connectivity index (χ4v) is 2.86. The van der Waals surface area contributed by atoms with E-state index in [2.05, 4.69) is 22.5 Å². The van der Waals surface area contributed by atoms with Gasteiger partial charge >= 0.3 is 0 Å². The van der Waals surface area contributed by atoms with Crippen molar-refractivity contribution in [2.24, 2.45) is 5.84 Å². The molecule has 3 N–H and O–H groups in total. The number of fused-ring (bicyclic) bond motifs is 1. The Kier molecular flexibility index (Phi) is 3.88. The highest BCUT2D eigenvalue weighted by Gasteiger charge is 2.14. The number of aryl methyl sites for hydroxylation is 1. The standard InChI is InChI=1S/C17H16ClN3/c1-11-6-13(9-15(18)7-11)17(21-19)14-8-12-4-2-3-5-16(12)20-10-14/h2-10,17,21H,19H2,1H3. The van der Waals surface area contributed by atoms with Crippen LogP contribution >= 0.6 is 11.6 Å². The summed E-state index contributed by atoms with van der Waals surface area (Å²) < 4.78 is 0. The minimum Gasteiger partial charge on any atom is -0.271 e. The van der Waals surface area contributed by atoms with E-state index in [-0.39, 0.29) is 6.04 Å². The second-order valence-electron chi connectivity index (χ2n) is 5.12. The third-order valence-corrected chi connectivity index (χ3v) is 3.73. The Bertz CT molecular complexity index is 766. The largest absolute Gasteiger partial charge is 0.271 e. The van der Waals surface area contributed by atoms with Gasteiger partial charge in [-0.3, -0.25) is 10.8 Å². The molecule has 0 saturated carbocycles. The topological polar surface area (TPSA) is 50.9 Å². The molecule has 3 rings (SSSR count). The molecular weight excluding hydrogens is 282 g/mol. The normalized spacial score (nSPS) is 12.5.